The van der Waals surface area contributed by atoms with E-state index in [1.54, 1.807) is 6.92 Å². The Morgan fingerprint density at radius 3 is 2.42 bits per heavy atom. The summed E-state index contributed by atoms with van der Waals surface area (Å²) in [4.78, 5) is 24.8. The molecular weight excluding hydrogens is 311 g/mol. The van der Waals surface area contributed by atoms with E-state index in [2.05, 4.69) is 5.32 Å². The molecule has 0 aliphatic heterocycles. The van der Waals surface area contributed by atoms with E-state index in [1.807, 2.05) is 27.9 Å². The highest BCUT2D eigenvalue weighted by atomic mass is 19.1. The summed E-state index contributed by atoms with van der Waals surface area (Å²) in [7, 11) is 5.22. The molecule has 1 atom stereocenters. The van der Waals surface area contributed by atoms with Gasteiger partial charge in [0, 0.05) is 6.42 Å². The fraction of sp³-hybridized carbons (Fsp3) is 0.556. The fourth-order valence-corrected chi connectivity index (χ4v) is 2.68. The average molecular weight is 339 g/mol. The predicted molar refractivity (Wildman–Crippen MR) is 92.5 cm³/mol. The minimum Gasteiger partial charge on any atom is -0.465 e. The fourth-order valence-electron chi connectivity index (χ4n) is 2.68. The highest BCUT2D eigenvalue weighted by Gasteiger charge is 2.33. The first-order valence-electron chi connectivity index (χ1n) is 8.19. The van der Waals surface area contributed by atoms with Crippen LogP contribution >= 0.6 is 0 Å². The number of esters is 1. The van der Waals surface area contributed by atoms with Gasteiger partial charge in [0.25, 0.3) is 5.91 Å². The van der Waals surface area contributed by atoms with Crippen LogP contribution in [0.5, 0.6) is 0 Å². The molecule has 0 aromatic heterocycles. The van der Waals surface area contributed by atoms with E-state index in [-0.39, 0.29) is 17.5 Å². The molecule has 1 amide bonds. The number of benzene rings is 1. The summed E-state index contributed by atoms with van der Waals surface area (Å²) in [5.74, 6) is -1.39. The zero-order chi connectivity index (χ0) is 18.5. The Bertz CT molecular complexity index is 615. The lowest BCUT2D eigenvalue weighted by atomic mass is 10.0. The molecule has 1 aromatic rings. The highest BCUT2D eigenvalue weighted by molar-refractivity contribution is 6.03. The summed E-state index contributed by atoms with van der Waals surface area (Å²) in [6.07, 6.45) is 1.59. The van der Waals surface area contributed by atoms with Crippen LogP contribution in [0.1, 0.15) is 42.6 Å². The summed E-state index contributed by atoms with van der Waals surface area (Å²) < 4.78 is 18.9. The van der Waals surface area contributed by atoms with Crippen molar-refractivity contribution in [3.63, 3.8) is 0 Å². The molecule has 1 N–H and O–H groups in total. The maximum Gasteiger partial charge on any atom is 0.340 e. The first-order valence-corrected chi connectivity index (χ1v) is 8.19. The Kier molecular flexibility index (Phi) is 6.90. The van der Waals surface area contributed by atoms with Crippen LogP contribution < -0.4 is 5.32 Å². The second kappa shape index (κ2) is 8.24. The molecule has 0 aliphatic carbocycles. The number of hydrogen-bond acceptors (Lipinski definition) is 3. The van der Waals surface area contributed by atoms with Crippen LogP contribution in [-0.4, -0.2) is 50.2 Å². The number of aryl methyl sites for hydroxylation is 1. The molecule has 0 saturated heterocycles. The van der Waals surface area contributed by atoms with Gasteiger partial charge in [-0.15, -0.1) is 0 Å². The van der Waals surface area contributed by atoms with Crippen molar-refractivity contribution in [3.05, 3.63) is 29.1 Å². The molecule has 134 valence electrons. The number of rotatable bonds is 7. The van der Waals surface area contributed by atoms with E-state index in [9.17, 15) is 14.0 Å². The number of carbonyl (C=O) groups is 2. The predicted octanol–water partition coefficient (Wildman–Crippen LogP) is 3.12. The van der Waals surface area contributed by atoms with Crippen molar-refractivity contribution < 1.29 is 23.2 Å². The average Bonchev–Trinajstić information content (AvgIpc) is 2.53. The molecule has 1 rings (SSSR count). The lowest BCUT2D eigenvalue weighted by Gasteiger charge is -2.36. The van der Waals surface area contributed by atoms with E-state index in [0.717, 1.165) is 25.5 Å². The topological polar surface area (TPSA) is 55.4 Å². The van der Waals surface area contributed by atoms with Crippen molar-refractivity contribution >= 4 is 17.6 Å². The molecule has 0 heterocycles. The number of hydrogen-bond donors (Lipinski definition) is 1. The summed E-state index contributed by atoms with van der Waals surface area (Å²) >= 11 is 0. The largest absolute Gasteiger partial charge is 0.465 e. The van der Waals surface area contributed by atoms with Gasteiger partial charge in [0.1, 0.15) is 5.82 Å². The van der Waals surface area contributed by atoms with E-state index in [4.69, 9.17) is 4.74 Å². The number of nitrogens with zero attached hydrogens (tertiary/aromatic N) is 1. The molecule has 0 spiro atoms. The Morgan fingerprint density at radius 2 is 1.92 bits per heavy atom. The Morgan fingerprint density at radius 1 is 1.29 bits per heavy atom. The molecule has 6 heteroatoms. The van der Waals surface area contributed by atoms with E-state index < -0.39 is 11.8 Å². The Balaban J connectivity index is 3.23. The first kappa shape index (κ1) is 20.1. The number of nitrogens with one attached hydrogen (secondary N) is 1. The van der Waals surface area contributed by atoms with Gasteiger partial charge in [-0.2, -0.15) is 0 Å². The van der Waals surface area contributed by atoms with Gasteiger partial charge < -0.3 is 14.5 Å². The molecule has 0 radical (unpaired) electrons. The molecule has 0 saturated carbocycles. The zero-order valence-corrected chi connectivity index (χ0v) is 15.4. The number of halogens is 1. The number of anilines is 1. The van der Waals surface area contributed by atoms with Gasteiger partial charge >= 0.3 is 5.97 Å². The van der Waals surface area contributed by atoms with Crippen molar-refractivity contribution in [1.29, 1.82) is 0 Å². The van der Waals surface area contributed by atoms with Gasteiger partial charge in [0.05, 0.1) is 39.0 Å². The third-order valence-corrected chi connectivity index (χ3v) is 4.48. The van der Waals surface area contributed by atoms with Crippen molar-refractivity contribution in [2.75, 3.05) is 33.1 Å². The monoisotopic (exact) mass is 339 g/mol. The van der Waals surface area contributed by atoms with Crippen LogP contribution in [0, 0.1) is 12.7 Å². The molecule has 0 bridgehead atoms. The maximum absolute atomic E-state index is 13.6. The molecule has 0 aliphatic rings. The second-order valence-corrected chi connectivity index (χ2v) is 6.53. The summed E-state index contributed by atoms with van der Waals surface area (Å²) in [6.45, 7) is 6.50. The van der Waals surface area contributed by atoms with Crippen LogP contribution in [-0.2, 0) is 9.53 Å². The van der Waals surface area contributed by atoms with Crippen molar-refractivity contribution in [2.24, 2.45) is 0 Å². The molecule has 5 nitrogen and oxygen atoms in total. The van der Waals surface area contributed by atoms with Crippen molar-refractivity contribution in [3.8, 4) is 0 Å². The summed E-state index contributed by atoms with van der Waals surface area (Å²) in [6, 6.07) is 2.12. The Hall–Kier alpha value is -1.95. The first-order chi connectivity index (χ1) is 11.2. The third-order valence-electron chi connectivity index (χ3n) is 4.48. The number of ether oxygens (including phenoxy) is 1. The van der Waals surface area contributed by atoms with Gasteiger partial charge in [-0.1, -0.05) is 6.92 Å². The molecule has 24 heavy (non-hydrogen) atoms. The van der Waals surface area contributed by atoms with Crippen LogP contribution in [0.4, 0.5) is 10.1 Å². The van der Waals surface area contributed by atoms with E-state index in [1.165, 1.54) is 13.2 Å². The third kappa shape index (κ3) is 4.54. The number of likely N-dealkylation sites (N-methyl/N-ethyl adjacent to an activating group) is 1. The minimum absolute atomic E-state index is 0.0282. The SMILES string of the molecule is CCCC(C(=O)Nc1c(C)cc(F)cc1C(=O)OC)[N+](C)(C)CC. The number of quaternary nitrogens is 1. The number of carbonyl (C=O) groups excluding carboxylic acids is 2. The van der Waals surface area contributed by atoms with Gasteiger partial charge in [-0.3, -0.25) is 4.79 Å². The number of methoxy groups -OCH3 is 1. The quantitative estimate of drug-likeness (QED) is 0.613. The zero-order valence-electron chi connectivity index (χ0n) is 15.4. The normalized spacial score (nSPS) is 12.6. The van der Waals surface area contributed by atoms with Crippen LogP contribution in [0.2, 0.25) is 0 Å². The highest BCUT2D eigenvalue weighted by Crippen LogP contribution is 2.25. The molecular formula is C18H28FN2O3+. The Labute approximate surface area is 143 Å². The van der Waals surface area contributed by atoms with Crippen LogP contribution in [0.3, 0.4) is 0 Å². The summed E-state index contributed by atoms with van der Waals surface area (Å²) in [5, 5.41) is 2.82. The van der Waals surface area contributed by atoms with Gasteiger partial charge in [-0.05, 0) is 38.0 Å². The van der Waals surface area contributed by atoms with E-state index in [0.29, 0.717) is 15.7 Å². The molecule has 1 aromatic carbocycles. The standard InChI is InChI=1S/C18H27FN2O3/c1-7-9-15(21(4,5)8-2)17(22)20-16-12(3)10-13(19)11-14(16)18(23)24-6/h10-11,15H,7-9H2,1-6H3/p+1. The molecule has 0 fully saturated rings. The van der Waals surface area contributed by atoms with E-state index >= 15 is 0 Å². The number of amides is 1. The lowest BCUT2D eigenvalue weighted by Crippen LogP contribution is -2.54. The van der Waals surface area contributed by atoms with Gasteiger partial charge in [0.15, 0.2) is 6.04 Å². The second-order valence-electron chi connectivity index (χ2n) is 6.53. The van der Waals surface area contributed by atoms with Crippen LogP contribution in [0.25, 0.3) is 0 Å². The molecule has 1 unspecified atom stereocenters. The lowest BCUT2D eigenvalue weighted by molar-refractivity contribution is -0.904. The smallest absolute Gasteiger partial charge is 0.340 e. The van der Waals surface area contributed by atoms with Gasteiger partial charge in [-0.25, -0.2) is 9.18 Å². The van der Waals surface area contributed by atoms with Crippen LogP contribution in [0.15, 0.2) is 12.1 Å². The van der Waals surface area contributed by atoms with Crippen molar-refractivity contribution in [1.82, 2.24) is 0 Å². The summed E-state index contributed by atoms with van der Waals surface area (Å²) in [5.41, 5.74) is 0.826. The van der Waals surface area contributed by atoms with Crippen molar-refractivity contribution in [2.45, 2.75) is 39.7 Å². The maximum atomic E-state index is 13.6. The minimum atomic E-state index is -0.677. The van der Waals surface area contributed by atoms with Gasteiger partial charge in [0.2, 0.25) is 0 Å².